The predicted molar refractivity (Wildman–Crippen MR) is 47.1 cm³/mol. The van der Waals surface area contributed by atoms with Crippen LogP contribution in [0.15, 0.2) is 0 Å². The van der Waals surface area contributed by atoms with Crippen LogP contribution in [-0.4, -0.2) is 28.1 Å². The molecule has 0 saturated heterocycles. The van der Waals surface area contributed by atoms with Crippen molar-refractivity contribution in [2.45, 2.75) is 26.2 Å². The molecule has 0 spiro atoms. The Morgan fingerprint density at radius 3 is 1.44 bits per heavy atom. The molecule has 0 amide bonds. The smallest absolute Gasteiger partial charge is 0.342 e. The monoisotopic (exact) mass is 179 g/mol. The van der Waals surface area contributed by atoms with Gasteiger partial charge in [-0.05, 0) is 26.2 Å². The molecule has 0 aromatic carbocycles. The van der Waals surface area contributed by atoms with Crippen LogP contribution in [0.25, 0.3) is 0 Å². The molecule has 0 heterocycles. The molecule has 5 heteroatoms. The number of rotatable bonds is 4. The normalized spacial score (nSPS) is 11.3. The molecule has 2 nitrogen and oxygen atoms in total. The van der Waals surface area contributed by atoms with E-state index in [0.29, 0.717) is 0 Å². The zero-order chi connectivity index (χ0) is 7.28. The lowest BCUT2D eigenvalue weighted by Crippen LogP contribution is -2.19. The lowest BCUT2D eigenvalue weighted by Gasteiger charge is -2.07. The minimum atomic E-state index is -0.795. The van der Waals surface area contributed by atoms with Gasteiger partial charge in [-0.15, -0.1) is 0 Å². The molecule has 0 saturated carbocycles. The predicted octanol–water partition coefficient (Wildman–Crippen LogP) is 0.253. The van der Waals surface area contributed by atoms with Crippen molar-refractivity contribution in [3.05, 3.63) is 0 Å². The van der Waals surface area contributed by atoms with Crippen molar-refractivity contribution >= 4 is 28.1 Å². The first-order valence-corrected chi connectivity index (χ1v) is 9.76. The first-order chi connectivity index (χ1) is 4.13. The van der Waals surface area contributed by atoms with Gasteiger partial charge >= 0.3 is 10.0 Å². The summed E-state index contributed by atoms with van der Waals surface area (Å²) in [6.45, 7) is 8.66. The summed E-state index contributed by atoms with van der Waals surface area (Å²) >= 11 is 0. The maximum Gasteiger partial charge on any atom is 0.342 e. The van der Waals surface area contributed by atoms with Gasteiger partial charge in [-0.25, -0.2) is 0 Å². The van der Waals surface area contributed by atoms with E-state index in [2.05, 4.69) is 26.2 Å². The van der Waals surface area contributed by atoms with Crippen LogP contribution in [0, 0.1) is 0 Å². The molecule has 1 radical (unpaired) electrons. The lowest BCUT2D eigenvalue weighted by atomic mass is 11.9. The van der Waals surface area contributed by atoms with Gasteiger partial charge in [0, 0.05) is 0 Å². The molecule has 0 fully saturated rings. The molecule has 0 N–H and O–H groups in total. The Bertz CT molecular complexity index is 58.8. The molecule has 55 valence electrons. The molecule has 0 aromatic rings. The van der Waals surface area contributed by atoms with Gasteiger partial charge in [0.25, 0.3) is 0 Å². The Hall–Kier alpha value is 0.571. The summed E-state index contributed by atoms with van der Waals surface area (Å²) in [4.78, 5) is 0. The molecule has 0 aliphatic carbocycles. The van der Waals surface area contributed by atoms with Crippen molar-refractivity contribution in [1.29, 1.82) is 0 Å². The fraction of sp³-hybridized carbons (Fsp3) is 1.00. The number of hydrogen-bond donors (Lipinski definition) is 0. The quantitative estimate of drug-likeness (QED) is 0.576. The Labute approximate surface area is 63.1 Å². The third-order valence-electron chi connectivity index (χ3n) is 0.655. The number of hydrogen-bond acceptors (Lipinski definition) is 2. The highest BCUT2D eigenvalue weighted by Gasteiger charge is 1.98. The zero-order valence-electron chi connectivity index (χ0n) is 6.55. The molecular formula is C4H15O2Si3. The van der Waals surface area contributed by atoms with Gasteiger partial charge < -0.3 is 8.23 Å². The van der Waals surface area contributed by atoms with E-state index in [4.69, 9.17) is 8.23 Å². The van der Waals surface area contributed by atoms with E-state index in [1.54, 1.807) is 0 Å². The van der Waals surface area contributed by atoms with Crippen molar-refractivity contribution in [3.63, 3.8) is 0 Å². The lowest BCUT2D eigenvalue weighted by molar-refractivity contribution is 0.479. The highest BCUT2D eigenvalue weighted by atomic mass is 28.4. The zero-order valence-corrected chi connectivity index (χ0v) is 10.0. The maximum absolute atomic E-state index is 5.39. The van der Waals surface area contributed by atoms with Crippen LogP contribution in [0.4, 0.5) is 0 Å². The summed E-state index contributed by atoms with van der Waals surface area (Å²) in [5.74, 6) is 0. The largest absolute Gasteiger partial charge is 0.441 e. The Morgan fingerprint density at radius 1 is 0.889 bits per heavy atom. The summed E-state index contributed by atoms with van der Waals surface area (Å²) in [7, 11) is -1.71. The van der Waals surface area contributed by atoms with E-state index in [0.717, 1.165) is 0 Å². The summed E-state index contributed by atoms with van der Waals surface area (Å²) in [6, 6.07) is 0. The van der Waals surface area contributed by atoms with Crippen LogP contribution in [-0.2, 0) is 8.23 Å². The third kappa shape index (κ3) is 8.57. The average molecular weight is 179 g/mol. The fourth-order valence-corrected chi connectivity index (χ4v) is 2.87. The summed E-state index contributed by atoms with van der Waals surface area (Å²) in [5.41, 5.74) is 0. The molecular weight excluding hydrogens is 164 g/mol. The Kier molecular flexibility index (Phi) is 5.70. The van der Waals surface area contributed by atoms with Crippen molar-refractivity contribution in [2.24, 2.45) is 0 Å². The summed E-state index contributed by atoms with van der Waals surface area (Å²) in [5, 5.41) is 0. The molecule has 0 aromatic heterocycles. The minimum absolute atomic E-state index is 0.122. The van der Waals surface area contributed by atoms with E-state index in [-0.39, 0.29) is 10.0 Å². The first-order valence-electron chi connectivity index (χ1n) is 3.25. The van der Waals surface area contributed by atoms with Crippen molar-refractivity contribution in [3.8, 4) is 0 Å². The van der Waals surface area contributed by atoms with Gasteiger partial charge in [0.05, 0.1) is 0 Å². The van der Waals surface area contributed by atoms with Gasteiger partial charge in [-0.2, -0.15) is 0 Å². The highest BCUT2D eigenvalue weighted by Crippen LogP contribution is 1.85. The molecule has 9 heavy (non-hydrogen) atoms. The Balaban J connectivity index is 2.91. The maximum atomic E-state index is 5.39. The highest BCUT2D eigenvalue weighted by molar-refractivity contribution is 6.59. The van der Waals surface area contributed by atoms with Crippen molar-refractivity contribution in [2.75, 3.05) is 0 Å². The van der Waals surface area contributed by atoms with Gasteiger partial charge in [-0.1, -0.05) is 0 Å². The summed E-state index contributed by atoms with van der Waals surface area (Å²) in [6.07, 6.45) is 0. The van der Waals surface area contributed by atoms with E-state index in [1.807, 2.05) is 0 Å². The average Bonchev–Trinajstić information content (AvgIpc) is 1.63. The standard InChI is InChI=1S/C4H15O2Si3/c1-8(2)5-7-6-9(3)4/h7-9H,1-4H3. The second kappa shape index (κ2) is 5.36. The summed E-state index contributed by atoms with van der Waals surface area (Å²) < 4.78 is 10.8. The molecule has 0 aliphatic rings. The minimum Gasteiger partial charge on any atom is -0.441 e. The Morgan fingerprint density at radius 2 is 1.22 bits per heavy atom. The molecule has 0 rings (SSSR count). The van der Waals surface area contributed by atoms with Gasteiger partial charge in [0.15, 0.2) is 18.1 Å². The van der Waals surface area contributed by atoms with Crippen LogP contribution >= 0.6 is 0 Å². The van der Waals surface area contributed by atoms with Crippen LogP contribution in [0.1, 0.15) is 0 Å². The molecule has 0 atom stereocenters. The second-order valence-corrected chi connectivity index (χ2v) is 9.03. The first kappa shape index (κ1) is 9.57. The van der Waals surface area contributed by atoms with Crippen LogP contribution in [0.2, 0.25) is 26.2 Å². The topological polar surface area (TPSA) is 18.5 Å². The van der Waals surface area contributed by atoms with Gasteiger partial charge in [0.1, 0.15) is 0 Å². The van der Waals surface area contributed by atoms with E-state index >= 15 is 0 Å². The van der Waals surface area contributed by atoms with Gasteiger partial charge in [0.2, 0.25) is 0 Å². The van der Waals surface area contributed by atoms with Crippen LogP contribution < -0.4 is 0 Å². The van der Waals surface area contributed by atoms with E-state index < -0.39 is 18.1 Å². The fourth-order valence-electron chi connectivity index (χ4n) is 0.254. The van der Waals surface area contributed by atoms with E-state index in [9.17, 15) is 0 Å². The molecule has 0 aliphatic heterocycles. The SMILES string of the molecule is C[SiH](C)O[SiH]O[SiH](C)C. The third-order valence-corrected chi connectivity index (χ3v) is 5.90. The van der Waals surface area contributed by atoms with Crippen LogP contribution in [0.3, 0.4) is 0 Å². The van der Waals surface area contributed by atoms with Crippen LogP contribution in [0.5, 0.6) is 0 Å². The van der Waals surface area contributed by atoms with Crippen molar-refractivity contribution in [1.82, 2.24) is 0 Å². The molecule has 0 bridgehead atoms. The van der Waals surface area contributed by atoms with Gasteiger partial charge in [-0.3, -0.25) is 0 Å². The van der Waals surface area contributed by atoms with E-state index in [1.165, 1.54) is 0 Å². The second-order valence-electron chi connectivity index (χ2n) is 2.47. The van der Waals surface area contributed by atoms with Crippen molar-refractivity contribution < 1.29 is 8.23 Å². The molecule has 0 unspecified atom stereocenters.